The molecule has 2 aromatic carbocycles. The van der Waals surface area contributed by atoms with E-state index in [9.17, 15) is 26.4 Å². The summed E-state index contributed by atoms with van der Waals surface area (Å²) in [5.41, 5.74) is 1.15. The Labute approximate surface area is 161 Å². The summed E-state index contributed by atoms with van der Waals surface area (Å²) < 4.78 is 63.5. The van der Waals surface area contributed by atoms with Crippen molar-refractivity contribution < 1.29 is 26.4 Å². The van der Waals surface area contributed by atoms with Gasteiger partial charge in [0.25, 0.3) is 0 Å². The number of carbonyl (C=O) groups is 1. The minimum absolute atomic E-state index is 0.146. The van der Waals surface area contributed by atoms with Crippen molar-refractivity contribution in [3.05, 3.63) is 70.6 Å². The van der Waals surface area contributed by atoms with E-state index in [1.54, 1.807) is 12.1 Å². The average Bonchev–Trinajstić information content (AvgIpc) is 2.61. The zero-order valence-electron chi connectivity index (χ0n) is 15.0. The number of sulfonamides is 1. The number of benzene rings is 2. The van der Waals surface area contributed by atoms with E-state index in [1.165, 1.54) is 6.08 Å². The summed E-state index contributed by atoms with van der Waals surface area (Å²) in [5, 5.41) is 3.42. The summed E-state index contributed by atoms with van der Waals surface area (Å²) in [5.74, 6) is -0.523. The van der Waals surface area contributed by atoms with E-state index in [2.05, 4.69) is 10.0 Å². The highest BCUT2D eigenvalue weighted by Crippen LogP contribution is 2.29. The number of carbonyl (C=O) groups excluding carboxylic acids is 1. The summed E-state index contributed by atoms with van der Waals surface area (Å²) in [6, 6.07) is 11.2. The van der Waals surface area contributed by atoms with Crippen molar-refractivity contribution in [3.63, 3.8) is 0 Å². The molecule has 0 saturated heterocycles. The highest BCUT2D eigenvalue weighted by atomic mass is 32.2. The first-order valence-corrected chi connectivity index (χ1v) is 9.81. The van der Waals surface area contributed by atoms with E-state index < -0.39 is 27.7 Å². The van der Waals surface area contributed by atoms with Crippen LogP contribution in [0.2, 0.25) is 0 Å². The van der Waals surface area contributed by atoms with Crippen LogP contribution in [0.3, 0.4) is 0 Å². The van der Waals surface area contributed by atoms with Gasteiger partial charge in [-0.3, -0.25) is 4.79 Å². The standard InChI is InChI=1S/C19H19F3N2O3S/c1-14-2-4-15(5-3-14)11-13-28(26,27)23-12-10-18(25)24-17-8-6-16(7-9-17)19(20,21)22/h2-9,11,13,23H,10,12H2,1H3,(H,24,25)/b13-11+. The van der Waals surface area contributed by atoms with Gasteiger partial charge in [0.05, 0.1) is 5.56 Å². The maximum absolute atomic E-state index is 12.5. The van der Waals surface area contributed by atoms with Crippen molar-refractivity contribution in [3.8, 4) is 0 Å². The zero-order valence-corrected chi connectivity index (χ0v) is 15.8. The Kier molecular flexibility index (Phi) is 6.98. The second-order valence-corrected chi connectivity index (χ2v) is 7.68. The molecule has 2 aromatic rings. The van der Waals surface area contributed by atoms with Crippen molar-refractivity contribution in [1.29, 1.82) is 0 Å². The van der Waals surface area contributed by atoms with Gasteiger partial charge in [0, 0.05) is 24.1 Å². The molecule has 2 N–H and O–H groups in total. The molecule has 0 bridgehead atoms. The number of hydrogen-bond donors (Lipinski definition) is 2. The zero-order chi connectivity index (χ0) is 20.8. The summed E-state index contributed by atoms with van der Waals surface area (Å²) >= 11 is 0. The molecular weight excluding hydrogens is 393 g/mol. The summed E-state index contributed by atoms with van der Waals surface area (Å²) in [4.78, 5) is 11.8. The van der Waals surface area contributed by atoms with Crippen LogP contribution in [0.25, 0.3) is 6.08 Å². The van der Waals surface area contributed by atoms with Crippen molar-refractivity contribution in [2.75, 3.05) is 11.9 Å². The second kappa shape index (κ2) is 9.03. The number of amides is 1. The minimum atomic E-state index is -4.45. The van der Waals surface area contributed by atoms with Gasteiger partial charge in [-0.1, -0.05) is 29.8 Å². The smallest absolute Gasteiger partial charge is 0.326 e. The van der Waals surface area contributed by atoms with Gasteiger partial charge >= 0.3 is 6.18 Å². The molecule has 0 spiro atoms. The first-order valence-electron chi connectivity index (χ1n) is 8.27. The molecule has 0 fully saturated rings. The van der Waals surface area contributed by atoms with Gasteiger partial charge in [-0.2, -0.15) is 13.2 Å². The van der Waals surface area contributed by atoms with Crippen LogP contribution in [0, 0.1) is 6.92 Å². The predicted octanol–water partition coefficient (Wildman–Crippen LogP) is 3.93. The monoisotopic (exact) mass is 412 g/mol. The average molecular weight is 412 g/mol. The lowest BCUT2D eigenvalue weighted by Gasteiger charge is -2.09. The third kappa shape index (κ3) is 7.16. The van der Waals surface area contributed by atoms with Gasteiger partial charge < -0.3 is 5.32 Å². The normalized spacial score (nSPS) is 12.3. The molecule has 0 unspecified atom stereocenters. The molecule has 150 valence electrons. The SMILES string of the molecule is Cc1ccc(/C=C/S(=O)(=O)NCCC(=O)Nc2ccc(C(F)(F)F)cc2)cc1. The minimum Gasteiger partial charge on any atom is -0.326 e. The molecule has 0 atom stereocenters. The number of halogens is 3. The van der Waals surface area contributed by atoms with Gasteiger partial charge in [-0.25, -0.2) is 13.1 Å². The lowest BCUT2D eigenvalue weighted by atomic mass is 10.2. The lowest BCUT2D eigenvalue weighted by molar-refractivity contribution is -0.137. The molecule has 0 aliphatic rings. The van der Waals surface area contributed by atoms with Gasteiger partial charge in [0.1, 0.15) is 0 Å². The molecule has 0 aliphatic heterocycles. The van der Waals surface area contributed by atoms with Gasteiger partial charge in [0.2, 0.25) is 15.9 Å². The molecule has 0 aliphatic carbocycles. The van der Waals surface area contributed by atoms with E-state index >= 15 is 0 Å². The van der Waals surface area contributed by atoms with Crippen molar-refractivity contribution in [1.82, 2.24) is 4.72 Å². The first kappa shape index (κ1) is 21.6. The van der Waals surface area contributed by atoms with Crippen molar-refractivity contribution in [2.45, 2.75) is 19.5 Å². The summed E-state index contributed by atoms with van der Waals surface area (Å²) in [7, 11) is -3.72. The van der Waals surface area contributed by atoms with Crippen LogP contribution >= 0.6 is 0 Å². The fourth-order valence-corrected chi connectivity index (χ4v) is 2.99. The molecule has 0 saturated carbocycles. The molecule has 0 heterocycles. The molecule has 5 nitrogen and oxygen atoms in total. The summed E-state index contributed by atoms with van der Waals surface area (Å²) in [6.45, 7) is 1.77. The lowest BCUT2D eigenvalue weighted by Crippen LogP contribution is -2.26. The molecule has 2 rings (SSSR count). The topological polar surface area (TPSA) is 75.3 Å². The van der Waals surface area contributed by atoms with Crippen LogP contribution in [0.1, 0.15) is 23.1 Å². The van der Waals surface area contributed by atoms with E-state index in [1.807, 2.05) is 19.1 Å². The van der Waals surface area contributed by atoms with Crippen LogP contribution in [0.5, 0.6) is 0 Å². The van der Waals surface area contributed by atoms with Gasteiger partial charge in [0.15, 0.2) is 0 Å². The molecule has 0 radical (unpaired) electrons. The fourth-order valence-electron chi connectivity index (χ4n) is 2.17. The quantitative estimate of drug-likeness (QED) is 0.724. The largest absolute Gasteiger partial charge is 0.416 e. The van der Waals surface area contributed by atoms with E-state index in [4.69, 9.17) is 0 Å². The van der Waals surface area contributed by atoms with Crippen LogP contribution in [0.15, 0.2) is 53.9 Å². The Morgan fingerprint density at radius 1 is 1.04 bits per heavy atom. The van der Waals surface area contributed by atoms with Crippen LogP contribution in [0.4, 0.5) is 18.9 Å². The summed E-state index contributed by atoms with van der Waals surface area (Å²) in [6.07, 6.45) is -3.18. The van der Waals surface area contributed by atoms with Crippen molar-refractivity contribution >= 4 is 27.7 Å². The van der Waals surface area contributed by atoms with Gasteiger partial charge in [-0.05, 0) is 42.8 Å². The Hall–Kier alpha value is -2.65. The predicted molar refractivity (Wildman–Crippen MR) is 102 cm³/mol. The van der Waals surface area contributed by atoms with Crippen LogP contribution < -0.4 is 10.0 Å². The molecule has 0 aromatic heterocycles. The number of nitrogens with one attached hydrogen (secondary N) is 2. The molecular formula is C19H19F3N2O3S. The second-order valence-electron chi connectivity index (χ2n) is 6.03. The molecule has 28 heavy (non-hydrogen) atoms. The fraction of sp³-hybridized carbons (Fsp3) is 0.211. The molecule has 1 amide bonds. The number of aryl methyl sites for hydroxylation is 1. The van der Waals surface area contributed by atoms with E-state index in [0.717, 1.165) is 40.8 Å². The number of hydrogen-bond acceptors (Lipinski definition) is 3. The Morgan fingerprint density at radius 3 is 2.21 bits per heavy atom. The number of rotatable bonds is 7. The Morgan fingerprint density at radius 2 is 1.64 bits per heavy atom. The van der Waals surface area contributed by atoms with E-state index in [0.29, 0.717) is 0 Å². The first-order chi connectivity index (χ1) is 13.0. The highest BCUT2D eigenvalue weighted by Gasteiger charge is 2.29. The number of anilines is 1. The van der Waals surface area contributed by atoms with E-state index in [-0.39, 0.29) is 18.7 Å². The van der Waals surface area contributed by atoms with Crippen LogP contribution in [-0.2, 0) is 21.0 Å². The van der Waals surface area contributed by atoms with Gasteiger partial charge in [-0.15, -0.1) is 0 Å². The Balaban J connectivity index is 1.81. The van der Waals surface area contributed by atoms with Crippen molar-refractivity contribution in [2.24, 2.45) is 0 Å². The maximum atomic E-state index is 12.5. The number of alkyl halides is 3. The molecule has 9 heteroatoms. The third-order valence-corrected chi connectivity index (χ3v) is 4.77. The van der Waals surface area contributed by atoms with Crippen LogP contribution in [-0.4, -0.2) is 20.9 Å². The third-order valence-electron chi connectivity index (χ3n) is 3.67. The highest BCUT2D eigenvalue weighted by molar-refractivity contribution is 7.92. The maximum Gasteiger partial charge on any atom is 0.416 e. The Bertz CT molecular complexity index is 936.